The molecule has 0 aliphatic rings. The number of aryl methyl sites for hydroxylation is 1. The third-order valence-corrected chi connectivity index (χ3v) is 3.36. The first-order valence-electron chi connectivity index (χ1n) is 4.07. The van der Waals surface area contributed by atoms with E-state index in [0.29, 0.717) is 0 Å². The summed E-state index contributed by atoms with van der Waals surface area (Å²) in [6, 6.07) is 4.59. The first-order valence-corrected chi connectivity index (χ1v) is 5.70. The number of nitrogens with zero attached hydrogens (tertiary/aromatic N) is 1. The molecular formula is C9H6F3NS2. The van der Waals surface area contributed by atoms with Crippen molar-refractivity contribution in [2.24, 2.45) is 0 Å². The van der Waals surface area contributed by atoms with Crippen molar-refractivity contribution in [2.45, 2.75) is 17.3 Å². The number of hydrogen-bond acceptors (Lipinski definition) is 3. The van der Waals surface area contributed by atoms with E-state index in [1.165, 1.54) is 23.5 Å². The summed E-state index contributed by atoms with van der Waals surface area (Å²) in [6.45, 7) is 1.83. The lowest BCUT2D eigenvalue weighted by Crippen LogP contribution is -1.98. The monoisotopic (exact) mass is 249 g/mol. The van der Waals surface area contributed by atoms with Crippen LogP contribution < -0.4 is 0 Å². The van der Waals surface area contributed by atoms with Gasteiger partial charge in [0.05, 0.1) is 15.2 Å². The predicted octanol–water partition coefficient (Wildman–Crippen LogP) is 4.22. The first-order chi connectivity index (χ1) is 6.94. The fraction of sp³-hybridized carbons (Fsp3) is 0.222. The maximum Gasteiger partial charge on any atom is 0.446 e. The summed E-state index contributed by atoms with van der Waals surface area (Å²) in [5.41, 5.74) is -3.48. The van der Waals surface area contributed by atoms with Crippen LogP contribution in [0.5, 0.6) is 0 Å². The first kappa shape index (κ1) is 10.8. The molecule has 0 aliphatic carbocycles. The Balaban J connectivity index is 2.38. The minimum absolute atomic E-state index is 0.0963. The number of alkyl halides is 3. The summed E-state index contributed by atoms with van der Waals surface area (Å²) in [4.78, 5) is 4.39. The maximum atomic E-state index is 12.1. The van der Waals surface area contributed by atoms with Gasteiger partial charge in [-0.15, -0.1) is 11.3 Å². The normalized spacial score (nSPS) is 12.3. The van der Waals surface area contributed by atoms with Crippen LogP contribution in [0.4, 0.5) is 13.2 Å². The Bertz CT molecular complexity index is 490. The Kier molecular flexibility index (Phi) is 2.64. The number of rotatable bonds is 1. The zero-order valence-corrected chi connectivity index (χ0v) is 9.26. The van der Waals surface area contributed by atoms with Gasteiger partial charge in [0.2, 0.25) is 0 Å². The second-order valence-electron chi connectivity index (χ2n) is 2.91. The third kappa shape index (κ3) is 2.63. The molecule has 0 saturated carbocycles. The van der Waals surface area contributed by atoms with Gasteiger partial charge in [0.1, 0.15) is 0 Å². The number of thiazole rings is 1. The van der Waals surface area contributed by atoms with Crippen LogP contribution in [0.1, 0.15) is 5.01 Å². The van der Waals surface area contributed by atoms with Crippen molar-refractivity contribution in [2.75, 3.05) is 0 Å². The van der Waals surface area contributed by atoms with E-state index in [4.69, 9.17) is 0 Å². The maximum absolute atomic E-state index is 12.1. The zero-order chi connectivity index (χ0) is 11.1. The van der Waals surface area contributed by atoms with Crippen LogP contribution >= 0.6 is 23.1 Å². The largest absolute Gasteiger partial charge is 0.446 e. The van der Waals surface area contributed by atoms with Gasteiger partial charge in [-0.05, 0) is 36.9 Å². The van der Waals surface area contributed by atoms with E-state index in [1.807, 2.05) is 6.92 Å². The van der Waals surface area contributed by atoms with Gasteiger partial charge in [0, 0.05) is 4.90 Å². The predicted molar refractivity (Wildman–Crippen MR) is 56.3 cm³/mol. The SMILES string of the molecule is Cc1nc2ccc(SC(F)(F)F)cc2s1. The quantitative estimate of drug-likeness (QED) is 0.702. The standard InChI is InChI=1S/C9H6F3NS2/c1-5-13-7-3-2-6(4-8(7)14-5)15-9(10,11)12/h2-4H,1H3. The fourth-order valence-electron chi connectivity index (χ4n) is 1.22. The summed E-state index contributed by atoms with van der Waals surface area (Å²) < 4.78 is 37.1. The van der Waals surface area contributed by atoms with E-state index < -0.39 is 5.51 Å². The molecule has 15 heavy (non-hydrogen) atoms. The van der Waals surface area contributed by atoms with Crippen LogP contribution in [0.2, 0.25) is 0 Å². The molecule has 1 aromatic heterocycles. The molecule has 0 amide bonds. The highest BCUT2D eigenvalue weighted by atomic mass is 32.2. The summed E-state index contributed by atoms with van der Waals surface area (Å²) in [5, 5.41) is 0.860. The number of aromatic nitrogens is 1. The second-order valence-corrected chi connectivity index (χ2v) is 5.28. The van der Waals surface area contributed by atoms with E-state index in [0.717, 1.165) is 15.2 Å². The van der Waals surface area contributed by atoms with Gasteiger partial charge in [-0.25, -0.2) is 4.98 Å². The second kappa shape index (κ2) is 3.68. The Hall–Kier alpha value is -0.750. The highest BCUT2D eigenvalue weighted by Crippen LogP contribution is 2.38. The molecule has 0 atom stereocenters. The lowest BCUT2D eigenvalue weighted by molar-refractivity contribution is -0.0328. The van der Waals surface area contributed by atoms with E-state index in [-0.39, 0.29) is 16.7 Å². The van der Waals surface area contributed by atoms with Crippen molar-refractivity contribution in [3.63, 3.8) is 0 Å². The number of benzene rings is 1. The van der Waals surface area contributed by atoms with E-state index in [1.54, 1.807) is 6.07 Å². The molecule has 6 heteroatoms. The van der Waals surface area contributed by atoms with Crippen LogP contribution in [0.15, 0.2) is 23.1 Å². The molecule has 0 radical (unpaired) electrons. The zero-order valence-electron chi connectivity index (χ0n) is 7.63. The highest BCUT2D eigenvalue weighted by molar-refractivity contribution is 8.00. The highest BCUT2D eigenvalue weighted by Gasteiger charge is 2.29. The molecule has 0 bridgehead atoms. The lowest BCUT2D eigenvalue weighted by atomic mass is 10.3. The molecule has 1 nitrogen and oxygen atoms in total. The summed E-state index contributed by atoms with van der Waals surface area (Å²) >= 11 is 1.30. The summed E-state index contributed by atoms with van der Waals surface area (Å²) in [5.74, 6) is 0. The number of thioether (sulfide) groups is 1. The molecule has 0 saturated heterocycles. The van der Waals surface area contributed by atoms with Crippen LogP contribution in [-0.4, -0.2) is 10.5 Å². The van der Waals surface area contributed by atoms with Gasteiger partial charge in [-0.1, -0.05) is 0 Å². The molecule has 0 spiro atoms. The molecular weight excluding hydrogens is 243 g/mol. The summed E-state index contributed by atoms with van der Waals surface area (Å²) in [6.07, 6.45) is 0. The van der Waals surface area contributed by atoms with E-state index >= 15 is 0 Å². The Morgan fingerprint density at radius 1 is 1.33 bits per heavy atom. The van der Waals surface area contributed by atoms with Crippen LogP contribution in [0.3, 0.4) is 0 Å². The third-order valence-electron chi connectivity index (χ3n) is 1.70. The lowest BCUT2D eigenvalue weighted by Gasteiger charge is -2.04. The smallest absolute Gasteiger partial charge is 0.242 e. The van der Waals surface area contributed by atoms with Gasteiger partial charge in [0.15, 0.2) is 0 Å². The van der Waals surface area contributed by atoms with Crippen molar-refractivity contribution in [3.8, 4) is 0 Å². The molecule has 0 unspecified atom stereocenters. The van der Waals surface area contributed by atoms with Gasteiger partial charge in [-0.3, -0.25) is 0 Å². The average Bonchev–Trinajstić information content (AvgIpc) is 2.40. The molecule has 80 valence electrons. The van der Waals surface area contributed by atoms with Crippen molar-refractivity contribution < 1.29 is 13.2 Å². The van der Waals surface area contributed by atoms with Gasteiger partial charge in [-0.2, -0.15) is 13.2 Å². The molecule has 2 rings (SSSR count). The minimum Gasteiger partial charge on any atom is -0.242 e. The number of hydrogen-bond donors (Lipinski definition) is 0. The topological polar surface area (TPSA) is 12.9 Å². The van der Waals surface area contributed by atoms with Crippen molar-refractivity contribution >= 4 is 33.3 Å². The van der Waals surface area contributed by atoms with Crippen molar-refractivity contribution in [1.29, 1.82) is 0 Å². The van der Waals surface area contributed by atoms with Crippen LogP contribution in [-0.2, 0) is 0 Å². The Morgan fingerprint density at radius 2 is 2.07 bits per heavy atom. The van der Waals surface area contributed by atoms with Gasteiger partial charge < -0.3 is 0 Å². The summed E-state index contributed by atoms with van der Waals surface area (Å²) in [7, 11) is 0. The molecule has 0 aliphatic heterocycles. The Labute approximate surface area is 92.3 Å². The Morgan fingerprint density at radius 3 is 2.73 bits per heavy atom. The van der Waals surface area contributed by atoms with Crippen molar-refractivity contribution in [3.05, 3.63) is 23.2 Å². The van der Waals surface area contributed by atoms with Crippen molar-refractivity contribution in [1.82, 2.24) is 4.98 Å². The van der Waals surface area contributed by atoms with E-state index in [2.05, 4.69) is 4.98 Å². The number of fused-ring (bicyclic) bond motifs is 1. The molecule has 1 heterocycles. The molecule has 0 N–H and O–H groups in total. The van der Waals surface area contributed by atoms with Gasteiger partial charge in [0.25, 0.3) is 0 Å². The molecule has 1 aromatic carbocycles. The van der Waals surface area contributed by atoms with Crippen LogP contribution in [0.25, 0.3) is 10.2 Å². The molecule has 0 fully saturated rings. The van der Waals surface area contributed by atoms with Gasteiger partial charge >= 0.3 is 5.51 Å². The fourth-order valence-corrected chi connectivity index (χ4v) is 2.74. The average molecular weight is 249 g/mol. The van der Waals surface area contributed by atoms with E-state index in [9.17, 15) is 13.2 Å². The molecule has 2 aromatic rings. The number of halogens is 3. The van der Waals surface area contributed by atoms with Crippen LogP contribution in [0, 0.1) is 6.92 Å². The minimum atomic E-state index is -4.23.